The number of hydrogen-bond acceptors (Lipinski definition) is 2. The van der Waals surface area contributed by atoms with Crippen LogP contribution in [0.3, 0.4) is 0 Å². The maximum atomic E-state index is 7.92. The predicted molar refractivity (Wildman–Crippen MR) is 262 cm³/mol. The van der Waals surface area contributed by atoms with Crippen molar-refractivity contribution in [1.29, 1.82) is 0 Å². The molecule has 0 amide bonds. The molecule has 1 saturated heterocycles. The van der Waals surface area contributed by atoms with Gasteiger partial charge in [-0.05, 0) is 23.8 Å². The molecule has 1 heterocycles. The van der Waals surface area contributed by atoms with Gasteiger partial charge in [0.15, 0.2) is 0 Å². The van der Waals surface area contributed by atoms with E-state index in [1.165, 1.54) is 77.4 Å². The molecule has 7 aromatic rings. The van der Waals surface area contributed by atoms with Crippen LogP contribution in [0.2, 0.25) is 0 Å². The van der Waals surface area contributed by atoms with E-state index in [1.54, 1.807) is 0 Å². The molecule has 1 aliphatic carbocycles. The second-order valence-electron chi connectivity index (χ2n) is 15.6. The molecule has 0 N–H and O–H groups in total. The van der Waals surface area contributed by atoms with Crippen LogP contribution in [0.4, 0.5) is 11.4 Å². The van der Waals surface area contributed by atoms with E-state index in [0.717, 1.165) is 27.1 Å². The van der Waals surface area contributed by atoms with Crippen LogP contribution in [0.15, 0.2) is 176 Å². The second-order valence-corrected chi connectivity index (χ2v) is 27.1. The number of nitrogens with zero attached hydrogens (tertiary/aromatic N) is 2. The van der Waals surface area contributed by atoms with Gasteiger partial charge in [0.05, 0.1) is 0 Å². The van der Waals surface area contributed by atoms with Crippen molar-refractivity contribution in [1.82, 2.24) is 0 Å². The summed E-state index contributed by atoms with van der Waals surface area (Å²) in [5.74, 6) is 0. The molecule has 1 fully saturated rings. The summed E-state index contributed by atoms with van der Waals surface area (Å²) < 4.78 is 2.14. The van der Waals surface area contributed by atoms with E-state index in [4.69, 9.17) is 19.4 Å². The number of hydrogen-bond donors (Lipinski definition) is 0. The first-order valence-electron chi connectivity index (χ1n) is 20.4. The summed E-state index contributed by atoms with van der Waals surface area (Å²) >= 11 is -3.77. The SMILES string of the molecule is Cc1cc(C)c(N2CCN(c3c(C)cc(C)cc3C)[C]2=[Ru]([Cl])([Cl])=[C]2C=C(c3ccccc3)c3ccccc32)c(C)c1.c1ccc(P(c2ccccc2)c2ccccc2)cc1. The van der Waals surface area contributed by atoms with Crippen LogP contribution in [-0.4, -0.2) is 21.6 Å². The molecular weight excluding hydrogens is 880 g/mol. The molecule has 9 rings (SSSR count). The van der Waals surface area contributed by atoms with Crippen molar-refractivity contribution in [2.75, 3.05) is 22.9 Å². The first kappa shape index (κ1) is 42.0. The monoisotopic (exact) mass is 930 g/mol. The number of aryl methyl sites for hydroxylation is 6. The summed E-state index contributed by atoms with van der Waals surface area (Å²) in [5.41, 5.74) is 14.7. The van der Waals surface area contributed by atoms with Crippen molar-refractivity contribution in [3.05, 3.63) is 226 Å². The summed E-state index contributed by atoms with van der Waals surface area (Å²) in [4.78, 5) is 4.89. The summed E-state index contributed by atoms with van der Waals surface area (Å²) in [6.45, 7) is 14.8. The molecular formula is C54H51Cl2N2PRu. The summed E-state index contributed by atoms with van der Waals surface area (Å²) in [6.07, 6.45) is 2.28. The minimum atomic E-state index is -3.77. The van der Waals surface area contributed by atoms with Crippen molar-refractivity contribution < 1.29 is 11.9 Å². The van der Waals surface area contributed by atoms with Gasteiger partial charge in [0, 0.05) is 0 Å². The van der Waals surface area contributed by atoms with E-state index in [1.807, 2.05) is 0 Å². The molecule has 7 aromatic carbocycles. The summed E-state index contributed by atoms with van der Waals surface area (Å²) in [5, 5.41) is 4.19. The third-order valence-corrected chi connectivity index (χ3v) is 20.5. The van der Waals surface area contributed by atoms with Crippen LogP contribution in [-0.2, 0) is 11.9 Å². The molecule has 2 nitrogen and oxygen atoms in total. The minimum Gasteiger partial charge on any atom is -0.0622 e. The number of anilines is 2. The molecule has 1 aliphatic heterocycles. The van der Waals surface area contributed by atoms with E-state index >= 15 is 0 Å². The van der Waals surface area contributed by atoms with E-state index in [9.17, 15) is 0 Å². The summed E-state index contributed by atoms with van der Waals surface area (Å²) in [6, 6.07) is 60.6. The van der Waals surface area contributed by atoms with Gasteiger partial charge in [-0.15, -0.1) is 0 Å². The van der Waals surface area contributed by atoms with Crippen LogP contribution < -0.4 is 25.7 Å². The van der Waals surface area contributed by atoms with E-state index < -0.39 is 19.8 Å². The fourth-order valence-corrected chi connectivity index (χ4v) is 18.1. The normalized spacial score (nSPS) is 13.9. The van der Waals surface area contributed by atoms with Gasteiger partial charge in [0.2, 0.25) is 0 Å². The van der Waals surface area contributed by atoms with Crippen molar-refractivity contribution in [3.8, 4) is 0 Å². The Morgan fingerprint density at radius 2 is 0.800 bits per heavy atom. The van der Waals surface area contributed by atoms with Crippen LogP contribution in [0.1, 0.15) is 50.1 Å². The number of fused-ring (bicyclic) bond motifs is 1. The van der Waals surface area contributed by atoms with Gasteiger partial charge >= 0.3 is 256 Å². The Balaban J connectivity index is 0.000000218. The number of rotatable bonds is 6. The Hall–Kier alpha value is -4.75. The fraction of sp³-hybridized carbons (Fsp3) is 0.148. The number of halogens is 2. The Bertz CT molecular complexity index is 2610. The fourth-order valence-electron chi connectivity index (χ4n) is 8.87. The molecule has 0 radical (unpaired) electrons. The van der Waals surface area contributed by atoms with Crippen molar-refractivity contribution in [2.45, 2.75) is 41.5 Å². The van der Waals surface area contributed by atoms with Crippen LogP contribution >= 0.6 is 27.3 Å². The van der Waals surface area contributed by atoms with Crippen LogP contribution in [0, 0.1) is 41.5 Å². The van der Waals surface area contributed by atoms with Crippen LogP contribution in [0.5, 0.6) is 0 Å². The number of benzene rings is 7. The zero-order valence-corrected chi connectivity index (χ0v) is 39.3. The molecule has 0 spiro atoms. The predicted octanol–water partition coefficient (Wildman–Crippen LogP) is 12.5. The molecule has 304 valence electrons. The standard InChI is InChI=1S/C21H26N2.C18H15P.C15H10.2ClH.Ru/c1-14-9-16(3)20(17(4)10-14)22-7-8-23(13-22)21-18(5)11-15(2)12-19(21)6;1-4-10-16(11-5-1)19(17-12-6-2-7-13-17)18-14-8-3-9-15-18;1-2-6-12(7-3-1)15-11-10-13-8-4-5-9-14(13)15;;;/h9-12H,7-8H2,1-6H3;1-15H;1-9,11H;2*1H;/q;;;;;+2/p-2. The van der Waals surface area contributed by atoms with E-state index in [2.05, 4.69) is 227 Å². The largest absolute Gasteiger partial charge is 0.0622 e. The zero-order chi connectivity index (χ0) is 42.0. The number of allylic oxidation sites excluding steroid dienone is 1. The Labute approximate surface area is 368 Å². The van der Waals surface area contributed by atoms with Crippen molar-refractivity contribution >= 4 is 68.6 Å². The average Bonchev–Trinajstić information content (AvgIpc) is 3.86. The molecule has 6 heteroatoms. The Kier molecular flexibility index (Phi) is 12.6. The first-order chi connectivity index (χ1) is 29.0. The zero-order valence-electron chi connectivity index (χ0n) is 35.1. The van der Waals surface area contributed by atoms with Crippen molar-refractivity contribution in [2.24, 2.45) is 0 Å². The maximum Gasteiger partial charge on any atom is -0.0134 e. The van der Waals surface area contributed by atoms with Gasteiger partial charge in [-0.25, -0.2) is 0 Å². The van der Waals surface area contributed by atoms with E-state index in [0.29, 0.717) is 0 Å². The third kappa shape index (κ3) is 8.44. The molecule has 2 aliphatic rings. The molecule has 0 unspecified atom stereocenters. The molecule has 0 aromatic heterocycles. The van der Waals surface area contributed by atoms with Gasteiger partial charge in [-0.3, -0.25) is 0 Å². The van der Waals surface area contributed by atoms with Gasteiger partial charge in [-0.2, -0.15) is 0 Å². The summed E-state index contributed by atoms with van der Waals surface area (Å²) in [7, 11) is 15.4. The molecule has 0 atom stereocenters. The molecule has 0 saturated carbocycles. The minimum absolute atomic E-state index is 0.446. The van der Waals surface area contributed by atoms with Gasteiger partial charge in [0.25, 0.3) is 0 Å². The molecule has 0 bridgehead atoms. The van der Waals surface area contributed by atoms with Gasteiger partial charge in [0.1, 0.15) is 0 Å². The smallest absolute Gasteiger partial charge is 0.0134 e. The Morgan fingerprint density at radius 1 is 0.450 bits per heavy atom. The van der Waals surface area contributed by atoms with Crippen molar-refractivity contribution in [3.63, 3.8) is 0 Å². The molecule has 60 heavy (non-hydrogen) atoms. The van der Waals surface area contributed by atoms with Crippen LogP contribution in [0.25, 0.3) is 5.57 Å². The third-order valence-electron chi connectivity index (χ3n) is 11.1. The topological polar surface area (TPSA) is 6.48 Å². The van der Waals surface area contributed by atoms with Gasteiger partial charge in [-0.1, -0.05) is 91.0 Å². The average molecular weight is 931 g/mol. The Morgan fingerprint density at radius 3 is 1.20 bits per heavy atom. The second kappa shape index (κ2) is 18.1. The quantitative estimate of drug-likeness (QED) is 0.121. The maximum absolute atomic E-state index is 7.92. The van der Waals surface area contributed by atoms with E-state index in [-0.39, 0.29) is 0 Å². The first-order valence-corrected chi connectivity index (χ1v) is 28.0. The van der Waals surface area contributed by atoms with Gasteiger partial charge < -0.3 is 0 Å².